The molecule has 0 amide bonds. The van der Waals surface area contributed by atoms with Gasteiger partial charge in [-0.1, -0.05) is 11.6 Å². The van der Waals surface area contributed by atoms with Crippen molar-refractivity contribution in [2.24, 2.45) is 0 Å². The third-order valence-corrected chi connectivity index (χ3v) is 1.66. The largest absolute Gasteiger partial charge is 0.361 e. The summed E-state index contributed by atoms with van der Waals surface area (Å²) in [6.45, 7) is 1.73. The number of benzene rings is 1. The van der Waals surface area contributed by atoms with E-state index >= 15 is 0 Å². The van der Waals surface area contributed by atoms with Crippen LogP contribution in [-0.4, -0.2) is 10.5 Å². The first-order chi connectivity index (χ1) is 5.24. The molecule has 0 bridgehead atoms. The van der Waals surface area contributed by atoms with Crippen LogP contribution in [0.15, 0.2) is 24.3 Å². The van der Waals surface area contributed by atoms with Crippen molar-refractivity contribution in [3.05, 3.63) is 40.4 Å². The second kappa shape index (κ2) is 3.33. The molecule has 11 heavy (non-hydrogen) atoms. The average molecular weight is 167 g/mol. The van der Waals surface area contributed by atoms with Crippen LogP contribution >= 0.6 is 11.6 Å². The molecule has 0 spiro atoms. The van der Waals surface area contributed by atoms with Crippen LogP contribution in [0.1, 0.15) is 12.5 Å². The van der Waals surface area contributed by atoms with Gasteiger partial charge in [-0.3, -0.25) is 0 Å². The molecule has 1 aromatic carbocycles. The lowest BCUT2D eigenvalue weighted by Crippen LogP contribution is -1.93. The van der Waals surface area contributed by atoms with Crippen molar-refractivity contribution in [3.8, 4) is 0 Å². The lowest BCUT2D eigenvalue weighted by atomic mass is 10.1. The quantitative estimate of drug-likeness (QED) is 0.349. The van der Waals surface area contributed by atoms with E-state index in [4.69, 9.17) is 17.1 Å². The topological polar surface area (TPSA) is 36.4 Å². The summed E-state index contributed by atoms with van der Waals surface area (Å²) in [5.41, 5.74) is 9.87. The highest BCUT2D eigenvalue weighted by Crippen LogP contribution is 2.09. The molecule has 0 saturated heterocycles. The molecule has 0 saturated carbocycles. The zero-order chi connectivity index (χ0) is 8.27. The van der Waals surface area contributed by atoms with Crippen molar-refractivity contribution in [1.82, 2.24) is 0 Å². The van der Waals surface area contributed by atoms with Gasteiger partial charge in [0.2, 0.25) is 0 Å². The van der Waals surface area contributed by atoms with Gasteiger partial charge < -0.3 is 5.53 Å². The van der Waals surface area contributed by atoms with E-state index in [0.29, 0.717) is 10.7 Å². The van der Waals surface area contributed by atoms with Gasteiger partial charge in [0.1, 0.15) is 0 Å². The number of halogens is 1. The van der Waals surface area contributed by atoms with Crippen molar-refractivity contribution in [3.63, 3.8) is 0 Å². The Hall–Kier alpha value is -1.11. The summed E-state index contributed by atoms with van der Waals surface area (Å²) in [4.78, 5) is 3.06. The van der Waals surface area contributed by atoms with Crippen LogP contribution < -0.4 is 0 Å². The van der Waals surface area contributed by atoms with Crippen LogP contribution in [0.3, 0.4) is 0 Å². The first-order valence-corrected chi connectivity index (χ1v) is 3.56. The molecule has 2 nitrogen and oxygen atoms in total. The van der Waals surface area contributed by atoms with Gasteiger partial charge in [-0.05, 0) is 24.3 Å². The summed E-state index contributed by atoms with van der Waals surface area (Å²) in [6.07, 6.45) is 0. The van der Waals surface area contributed by atoms with Crippen LogP contribution in [0.25, 0.3) is 5.53 Å². The summed E-state index contributed by atoms with van der Waals surface area (Å²) < 4.78 is 0. The van der Waals surface area contributed by atoms with Gasteiger partial charge >= 0.3 is 0 Å². The molecule has 3 heteroatoms. The molecule has 1 aromatic rings. The Bertz CT molecular complexity index is 296. The summed E-state index contributed by atoms with van der Waals surface area (Å²) >= 11 is 5.66. The van der Waals surface area contributed by atoms with E-state index in [2.05, 4.69) is 4.79 Å². The lowest BCUT2D eigenvalue weighted by molar-refractivity contribution is -0.00460. The highest BCUT2D eigenvalue weighted by Gasteiger charge is 2.01. The summed E-state index contributed by atoms with van der Waals surface area (Å²) in [5.74, 6) is 0. The Morgan fingerprint density at radius 1 is 1.36 bits per heavy atom. The van der Waals surface area contributed by atoms with Crippen LogP contribution in [0.4, 0.5) is 0 Å². The van der Waals surface area contributed by atoms with E-state index in [9.17, 15) is 0 Å². The molecule has 0 aliphatic rings. The maximum absolute atomic E-state index is 8.41. The van der Waals surface area contributed by atoms with Gasteiger partial charge in [0.15, 0.2) is 0 Å². The first kappa shape index (κ1) is 7.99. The van der Waals surface area contributed by atoms with Crippen molar-refractivity contribution in [2.45, 2.75) is 6.92 Å². The van der Waals surface area contributed by atoms with Crippen LogP contribution in [0.2, 0.25) is 5.02 Å². The number of nitrogens with zero attached hydrogens (tertiary/aromatic N) is 2. The SMILES string of the molecule is CC(=[N+]=[N-])c1ccc(Cl)cc1. The van der Waals surface area contributed by atoms with E-state index in [1.165, 1.54) is 0 Å². The molecule has 0 N–H and O–H groups in total. The highest BCUT2D eigenvalue weighted by atomic mass is 35.5. The Morgan fingerprint density at radius 3 is 2.36 bits per heavy atom. The van der Waals surface area contributed by atoms with Crippen LogP contribution in [0.5, 0.6) is 0 Å². The van der Waals surface area contributed by atoms with E-state index < -0.39 is 0 Å². The molecule has 0 radical (unpaired) electrons. The van der Waals surface area contributed by atoms with Gasteiger partial charge in [0, 0.05) is 11.9 Å². The standard InChI is InChI=1S/C8H7ClN2/c1-6(11-10)7-2-4-8(9)5-3-7/h2-5H,1H3. The van der Waals surface area contributed by atoms with E-state index in [-0.39, 0.29) is 0 Å². The molecule has 0 unspecified atom stereocenters. The molecule has 56 valence electrons. The predicted octanol–water partition coefficient (Wildman–Crippen LogP) is 2.38. The zero-order valence-corrected chi connectivity index (χ0v) is 6.84. The van der Waals surface area contributed by atoms with Gasteiger partial charge in [0.25, 0.3) is 5.71 Å². The number of hydrogen-bond acceptors (Lipinski definition) is 0. The Kier molecular flexibility index (Phi) is 2.42. The van der Waals surface area contributed by atoms with Crippen molar-refractivity contribution >= 4 is 17.3 Å². The minimum absolute atomic E-state index is 0.585. The lowest BCUT2D eigenvalue weighted by Gasteiger charge is -1.90. The minimum Gasteiger partial charge on any atom is -0.361 e. The van der Waals surface area contributed by atoms with Crippen molar-refractivity contribution in [1.29, 1.82) is 0 Å². The Labute approximate surface area is 70.0 Å². The summed E-state index contributed by atoms with van der Waals surface area (Å²) in [6, 6.07) is 7.12. The fourth-order valence-corrected chi connectivity index (χ4v) is 0.875. The average Bonchev–Trinajstić information content (AvgIpc) is 2.05. The first-order valence-electron chi connectivity index (χ1n) is 3.18. The minimum atomic E-state index is 0.585. The molecule has 1 rings (SSSR count). The molecule has 0 atom stereocenters. The maximum Gasteiger partial charge on any atom is 0.296 e. The monoisotopic (exact) mass is 166 g/mol. The van der Waals surface area contributed by atoms with Crippen molar-refractivity contribution < 1.29 is 4.79 Å². The fraction of sp³-hybridized carbons (Fsp3) is 0.125. The summed E-state index contributed by atoms with van der Waals surface area (Å²) in [7, 11) is 0. The molecule has 0 aliphatic heterocycles. The smallest absolute Gasteiger partial charge is 0.296 e. The molecular weight excluding hydrogens is 160 g/mol. The van der Waals surface area contributed by atoms with Crippen LogP contribution in [-0.2, 0) is 0 Å². The van der Waals surface area contributed by atoms with Gasteiger partial charge in [0.05, 0.1) is 5.56 Å². The molecule has 0 fully saturated rings. The van der Waals surface area contributed by atoms with Gasteiger partial charge in [-0.25, -0.2) is 0 Å². The zero-order valence-electron chi connectivity index (χ0n) is 6.08. The fourth-order valence-electron chi connectivity index (χ4n) is 0.749. The maximum atomic E-state index is 8.41. The predicted molar refractivity (Wildman–Crippen MR) is 44.9 cm³/mol. The summed E-state index contributed by atoms with van der Waals surface area (Å²) in [5, 5.41) is 0.680. The molecule has 0 aromatic heterocycles. The highest BCUT2D eigenvalue weighted by molar-refractivity contribution is 6.30. The van der Waals surface area contributed by atoms with Gasteiger partial charge in [-0.2, -0.15) is 4.79 Å². The normalized spacial score (nSPS) is 8.91. The van der Waals surface area contributed by atoms with E-state index in [1.807, 2.05) is 0 Å². The molecule has 0 aliphatic carbocycles. The van der Waals surface area contributed by atoms with Crippen molar-refractivity contribution in [2.75, 3.05) is 0 Å². The third kappa shape index (κ3) is 1.90. The Morgan fingerprint density at radius 2 is 1.91 bits per heavy atom. The number of hydrogen-bond donors (Lipinski definition) is 0. The second-order valence-electron chi connectivity index (χ2n) is 2.19. The van der Waals surface area contributed by atoms with Gasteiger partial charge in [-0.15, -0.1) is 0 Å². The molecular formula is C8H7ClN2. The second-order valence-corrected chi connectivity index (χ2v) is 2.63. The molecule has 0 heterocycles. The number of rotatable bonds is 1. The van der Waals surface area contributed by atoms with E-state index in [1.54, 1.807) is 31.2 Å². The van der Waals surface area contributed by atoms with E-state index in [0.717, 1.165) is 5.56 Å². The van der Waals surface area contributed by atoms with Crippen LogP contribution in [0, 0.1) is 0 Å². The Balaban J connectivity index is 3.08. The third-order valence-electron chi connectivity index (χ3n) is 1.41.